The molecule has 1 aliphatic carbocycles. The topological polar surface area (TPSA) is 108 Å². The SMILES string of the molecule is CNC(=O)Nc1ccc2c(c1)CC[C@@]21OC(=O)N(CC(=O)N(Cc2ccccc2Cl)CC(C)C)C1=O. The van der Waals surface area contributed by atoms with Crippen molar-refractivity contribution < 1.29 is 23.9 Å². The highest BCUT2D eigenvalue weighted by Gasteiger charge is 2.58. The third-order valence-corrected chi connectivity index (χ3v) is 6.76. The number of fused-ring (bicyclic) bond motifs is 2. The van der Waals surface area contributed by atoms with Crippen LogP contribution >= 0.6 is 11.6 Å². The summed E-state index contributed by atoms with van der Waals surface area (Å²) in [6.07, 6.45) is -0.0714. The minimum Gasteiger partial charge on any atom is -0.427 e. The number of benzene rings is 2. The number of ether oxygens (including phenoxy) is 1. The first-order valence-corrected chi connectivity index (χ1v) is 12.2. The van der Waals surface area contributed by atoms with E-state index in [2.05, 4.69) is 10.6 Å². The molecule has 1 aliphatic heterocycles. The number of imide groups is 1. The van der Waals surface area contributed by atoms with E-state index in [4.69, 9.17) is 16.3 Å². The van der Waals surface area contributed by atoms with Crippen molar-refractivity contribution in [3.63, 3.8) is 0 Å². The molecule has 4 rings (SSSR count). The molecule has 1 atom stereocenters. The van der Waals surface area contributed by atoms with E-state index in [1.165, 1.54) is 7.05 Å². The predicted molar refractivity (Wildman–Crippen MR) is 134 cm³/mol. The Bertz CT molecular complexity index is 1220. The summed E-state index contributed by atoms with van der Waals surface area (Å²) in [6.45, 7) is 4.26. The maximum absolute atomic E-state index is 13.5. The Kier molecular flexibility index (Phi) is 7.21. The number of aryl methyl sites for hydroxylation is 1. The van der Waals surface area contributed by atoms with Gasteiger partial charge in [0.15, 0.2) is 0 Å². The Hall–Kier alpha value is -3.59. The Morgan fingerprint density at radius 2 is 1.94 bits per heavy atom. The molecule has 190 valence electrons. The van der Waals surface area contributed by atoms with Crippen molar-refractivity contribution in [1.29, 1.82) is 0 Å². The second-order valence-corrected chi connectivity index (χ2v) is 9.83. The summed E-state index contributed by atoms with van der Waals surface area (Å²) in [6, 6.07) is 12.0. The summed E-state index contributed by atoms with van der Waals surface area (Å²) in [5.41, 5.74) is 1.28. The van der Waals surface area contributed by atoms with Gasteiger partial charge in [0.2, 0.25) is 11.5 Å². The van der Waals surface area contributed by atoms with Crippen LogP contribution < -0.4 is 10.6 Å². The Morgan fingerprint density at radius 1 is 1.19 bits per heavy atom. The van der Waals surface area contributed by atoms with Gasteiger partial charge >= 0.3 is 12.1 Å². The summed E-state index contributed by atoms with van der Waals surface area (Å²) in [5.74, 6) is -0.744. The molecule has 0 aromatic heterocycles. The Labute approximate surface area is 214 Å². The first kappa shape index (κ1) is 25.5. The molecule has 10 heteroatoms. The van der Waals surface area contributed by atoms with E-state index in [1.807, 2.05) is 32.0 Å². The van der Waals surface area contributed by atoms with E-state index >= 15 is 0 Å². The van der Waals surface area contributed by atoms with Gasteiger partial charge in [-0.1, -0.05) is 49.7 Å². The lowest BCUT2D eigenvalue weighted by atomic mass is 9.94. The third-order valence-electron chi connectivity index (χ3n) is 6.39. The van der Waals surface area contributed by atoms with E-state index in [0.717, 1.165) is 16.0 Å². The average molecular weight is 513 g/mol. The fourth-order valence-electron chi connectivity index (χ4n) is 4.69. The molecule has 1 saturated heterocycles. The van der Waals surface area contributed by atoms with E-state index in [1.54, 1.807) is 29.2 Å². The lowest BCUT2D eigenvalue weighted by molar-refractivity contribution is -0.142. The highest BCUT2D eigenvalue weighted by Crippen LogP contribution is 2.46. The first-order valence-electron chi connectivity index (χ1n) is 11.8. The van der Waals surface area contributed by atoms with Crippen LogP contribution in [0.15, 0.2) is 42.5 Å². The van der Waals surface area contributed by atoms with Gasteiger partial charge in [-0.25, -0.2) is 14.5 Å². The van der Waals surface area contributed by atoms with E-state index in [9.17, 15) is 19.2 Å². The molecule has 5 amide bonds. The van der Waals surface area contributed by atoms with Gasteiger partial charge in [-0.3, -0.25) is 9.59 Å². The van der Waals surface area contributed by atoms with Crippen LogP contribution in [0, 0.1) is 5.92 Å². The molecule has 2 aliphatic rings. The van der Waals surface area contributed by atoms with Crippen molar-refractivity contribution in [3.8, 4) is 0 Å². The van der Waals surface area contributed by atoms with Crippen LogP contribution in [0.5, 0.6) is 0 Å². The molecular weight excluding hydrogens is 484 g/mol. The van der Waals surface area contributed by atoms with Crippen molar-refractivity contribution in [2.75, 3.05) is 25.5 Å². The van der Waals surface area contributed by atoms with E-state index in [0.29, 0.717) is 29.2 Å². The van der Waals surface area contributed by atoms with Crippen LogP contribution in [0.3, 0.4) is 0 Å². The molecule has 2 N–H and O–H groups in total. The minimum absolute atomic E-state index is 0.170. The number of amides is 5. The van der Waals surface area contributed by atoms with Gasteiger partial charge < -0.3 is 20.3 Å². The quantitative estimate of drug-likeness (QED) is 0.585. The van der Waals surface area contributed by atoms with Crippen LogP contribution in [0.1, 0.15) is 37.0 Å². The van der Waals surface area contributed by atoms with Crippen molar-refractivity contribution in [3.05, 3.63) is 64.2 Å². The second-order valence-electron chi connectivity index (χ2n) is 9.42. The number of hydrogen-bond donors (Lipinski definition) is 2. The van der Waals surface area contributed by atoms with Crippen LogP contribution in [0.4, 0.5) is 15.3 Å². The molecule has 0 saturated carbocycles. The first-order chi connectivity index (χ1) is 17.1. The number of nitrogens with one attached hydrogen (secondary N) is 2. The monoisotopic (exact) mass is 512 g/mol. The van der Waals surface area contributed by atoms with E-state index < -0.39 is 24.1 Å². The number of hydrogen-bond acceptors (Lipinski definition) is 5. The number of urea groups is 1. The molecule has 36 heavy (non-hydrogen) atoms. The highest BCUT2D eigenvalue weighted by molar-refractivity contribution is 6.31. The average Bonchev–Trinajstić information content (AvgIpc) is 3.31. The summed E-state index contributed by atoms with van der Waals surface area (Å²) < 4.78 is 5.65. The maximum atomic E-state index is 13.5. The molecule has 0 bridgehead atoms. The summed E-state index contributed by atoms with van der Waals surface area (Å²) >= 11 is 6.30. The highest BCUT2D eigenvalue weighted by atomic mass is 35.5. The van der Waals surface area contributed by atoms with Gasteiger partial charge in [0.05, 0.1) is 0 Å². The van der Waals surface area contributed by atoms with Crippen LogP contribution in [0.2, 0.25) is 5.02 Å². The van der Waals surface area contributed by atoms with Gasteiger partial charge in [-0.2, -0.15) is 0 Å². The zero-order chi connectivity index (χ0) is 26.0. The second kappa shape index (κ2) is 10.2. The third kappa shape index (κ3) is 4.88. The molecule has 0 unspecified atom stereocenters. The van der Waals surface area contributed by atoms with Crippen LogP contribution in [-0.2, 0) is 32.9 Å². The van der Waals surface area contributed by atoms with Gasteiger partial charge in [0.1, 0.15) is 6.54 Å². The molecule has 1 heterocycles. The van der Waals surface area contributed by atoms with Crippen molar-refractivity contribution in [2.24, 2.45) is 5.92 Å². The number of carbonyl (C=O) groups is 4. The number of anilines is 1. The number of nitrogens with zero attached hydrogens (tertiary/aromatic N) is 2. The van der Waals surface area contributed by atoms with Gasteiger partial charge in [-0.05, 0) is 41.7 Å². The fourth-order valence-corrected chi connectivity index (χ4v) is 4.88. The molecular formula is C26H29ClN4O5. The van der Waals surface area contributed by atoms with Crippen molar-refractivity contribution in [2.45, 2.75) is 38.8 Å². The lowest BCUT2D eigenvalue weighted by Crippen LogP contribution is -2.45. The van der Waals surface area contributed by atoms with Crippen LogP contribution in [-0.4, -0.2) is 53.9 Å². The molecule has 1 fully saturated rings. The standard InChI is InChI=1S/C26H29ClN4O5/c1-16(2)13-30(14-18-6-4-5-7-21(18)27)22(32)15-31-23(33)26(36-25(31)35)11-10-17-12-19(8-9-20(17)26)29-24(34)28-3/h4-9,12,16H,10-11,13-15H2,1-3H3,(H2,28,29,34)/t26-/m1/s1. The predicted octanol–water partition coefficient (Wildman–Crippen LogP) is 3.90. The van der Waals surface area contributed by atoms with Gasteiger partial charge in [0, 0.05) is 42.8 Å². The Balaban J connectivity index is 1.53. The number of halogens is 1. The summed E-state index contributed by atoms with van der Waals surface area (Å²) in [7, 11) is 1.51. The van der Waals surface area contributed by atoms with Crippen LogP contribution in [0.25, 0.3) is 0 Å². The van der Waals surface area contributed by atoms with Crippen molar-refractivity contribution in [1.82, 2.24) is 15.1 Å². The molecule has 2 aromatic rings. The normalized spacial score (nSPS) is 18.4. The summed E-state index contributed by atoms with van der Waals surface area (Å²) in [5, 5.41) is 5.72. The zero-order valence-electron chi connectivity index (χ0n) is 20.5. The smallest absolute Gasteiger partial charge is 0.418 e. The summed E-state index contributed by atoms with van der Waals surface area (Å²) in [4.78, 5) is 53.8. The molecule has 2 aromatic carbocycles. The molecule has 1 spiro atoms. The van der Waals surface area contributed by atoms with Gasteiger partial charge in [0.25, 0.3) is 5.91 Å². The lowest BCUT2D eigenvalue weighted by Gasteiger charge is -2.27. The minimum atomic E-state index is -1.45. The largest absolute Gasteiger partial charge is 0.427 e. The maximum Gasteiger partial charge on any atom is 0.418 e. The zero-order valence-corrected chi connectivity index (χ0v) is 21.2. The molecule has 0 radical (unpaired) electrons. The van der Waals surface area contributed by atoms with Gasteiger partial charge in [-0.15, -0.1) is 0 Å². The Morgan fingerprint density at radius 3 is 2.64 bits per heavy atom. The van der Waals surface area contributed by atoms with E-state index in [-0.39, 0.29) is 30.8 Å². The number of rotatable bonds is 7. The fraction of sp³-hybridized carbons (Fsp3) is 0.385. The van der Waals surface area contributed by atoms with Crippen molar-refractivity contribution >= 4 is 41.2 Å². The molecule has 9 nitrogen and oxygen atoms in total. The number of carbonyl (C=O) groups excluding carboxylic acids is 4.